The molecule has 2 heterocycles. The van der Waals surface area contributed by atoms with E-state index in [2.05, 4.69) is 31.2 Å². The van der Waals surface area contributed by atoms with Crippen LogP contribution >= 0.6 is 0 Å². The summed E-state index contributed by atoms with van der Waals surface area (Å²) in [7, 11) is 0. The zero-order valence-electron chi connectivity index (χ0n) is 28.6. The van der Waals surface area contributed by atoms with Crippen LogP contribution in [-0.2, 0) is 24.0 Å². The van der Waals surface area contributed by atoms with E-state index in [0.717, 1.165) is 57.8 Å². The van der Waals surface area contributed by atoms with Gasteiger partial charge in [-0.1, -0.05) is 53.4 Å². The summed E-state index contributed by atoms with van der Waals surface area (Å²) in [6, 6.07) is -3.83. The van der Waals surface area contributed by atoms with Crippen molar-refractivity contribution in [3.05, 3.63) is 24.3 Å². The largest absolute Gasteiger partial charge is 0.347 e. The number of rotatable bonds is 13. The highest BCUT2D eigenvalue weighted by molar-refractivity contribution is 6.38. The Morgan fingerprint density at radius 1 is 0.917 bits per heavy atom. The molecule has 0 spiro atoms. The Morgan fingerprint density at radius 2 is 1.65 bits per heavy atom. The van der Waals surface area contributed by atoms with E-state index in [-0.39, 0.29) is 35.5 Å². The first-order valence-electron chi connectivity index (χ1n) is 17.7. The number of carbonyl (C=O) groups is 6. The van der Waals surface area contributed by atoms with Crippen molar-refractivity contribution in [1.82, 2.24) is 36.1 Å². The number of hydrogen-bond acceptors (Lipinski definition) is 8. The molecule has 4 N–H and O–H groups in total. The van der Waals surface area contributed by atoms with Gasteiger partial charge in [-0.15, -0.1) is 0 Å². The van der Waals surface area contributed by atoms with Gasteiger partial charge >= 0.3 is 0 Å². The fraction of sp³-hybridized carbons (Fsp3) is 0.714. The molecule has 2 bridgehead atoms. The van der Waals surface area contributed by atoms with Crippen molar-refractivity contribution in [2.45, 2.75) is 141 Å². The molecule has 48 heavy (non-hydrogen) atoms. The highest BCUT2D eigenvalue weighted by atomic mass is 16.2. The molecule has 1 unspecified atom stereocenters. The molecule has 1 aromatic heterocycles. The van der Waals surface area contributed by atoms with Gasteiger partial charge in [-0.2, -0.15) is 0 Å². The average Bonchev–Trinajstić information content (AvgIpc) is 3.64. The molecule has 1 aliphatic heterocycles. The van der Waals surface area contributed by atoms with Gasteiger partial charge in [0.1, 0.15) is 23.8 Å². The summed E-state index contributed by atoms with van der Waals surface area (Å²) in [4.78, 5) is 91.0. The lowest BCUT2D eigenvalue weighted by molar-refractivity contribution is -0.149. The highest BCUT2D eigenvalue weighted by Crippen LogP contribution is 2.44. The maximum atomic E-state index is 14.6. The van der Waals surface area contributed by atoms with Crippen LogP contribution in [0.3, 0.4) is 0 Å². The summed E-state index contributed by atoms with van der Waals surface area (Å²) >= 11 is 0. The Labute approximate surface area is 282 Å². The predicted octanol–water partition coefficient (Wildman–Crippen LogP) is 2.20. The van der Waals surface area contributed by atoms with E-state index in [9.17, 15) is 28.8 Å². The fourth-order valence-corrected chi connectivity index (χ4v) is 7.63. The number of hydrogen-bond donors (Lipinski definition) is 4. The van der Waals surface area contributed by atoms with Crippen LogP contribution in [0.4, 0.5) is 0 Å². The lowest BCUT2D eigenvalue weighted by Crippen LogP contribution is -2.64. The molecule has 3 saturated carbocycles. The summed E-state index contributed by atoms with van der Waals surface area (Å²) in [5, 5.41) is 11.4. The molecule has 1 aromatic rings. The summed E-state index contributed by atoms with van der Waals surface area (Å²) in [6.07, 6.45) is 13.4. The molecule has 13 heteroatoms. The Hall–Kier alpha value is -3.90. The van der Waals surface area contributed by atoms with E-state index < -0.39 is 59.0 Å². The molecular formula is C35H51N7O6. The van der Waals surface area contributed by atoms with Gasteiger partial charge in [-0.25, -0.2) is 4.98 Å². The summed E-state index contributed by atoms with van der Waals surface area (Å²) < 4.78 is 0. The third kappa shape index (κ3) is 8.20. The van der Waals surface area contributed by atoms with Crippen LogP contribution in [-0.4, -0.2) is 86.4 Å². The zero-order chi connectivity index (χ0) is 34.6. The number of likely N-dealkylation sites (tertiary alicyclic amines) is 1. The van der Waals surface area contributed by atoms with Crippen LogP contribution in [0.1, 0.15) is 115 Å². The van der Waals surface area contributed by atoms with Gasteiger partial charge in [-0.3, -0.25) is 33.8 Å². The molecule has 5 rings (SSSR count). The molecule has 5 amide bonds. The summed E-state index contributed by atoms with van der Waals surface area (Å²) in [5.74, 6) is -3.33. The lowest BCUT2D eigenvalue weighted by Gasteiger charge is -2.41. The topological polar surface area (TPSA) is 180 Å². The predicted molar refractivity (Wildman–Crippen MR) is 176 cm³/mol. The van der Waals surface area contributed by atoms with E-state index in [1.165, 1.54) is 18.6 Å². The van der Waals surface area contributed by atoms with Crippen molar-refractivity contribution >= 4 is 35.3 Å². The Balaban J connectivity index is 1.34. The van der Waals surface area contributed by atoms with Crippen LogP contribution in [0.15, 0.2) is 18.6 Å². The van der Waals surface area contributed by atoms with Crippen LogP contribution in [0.2, 0.25) is 0 Å². The second-order valence-corrected chi connectivity index (χ2v) is 15.1. The number of Topliss-reactive ketones (excluding diaryl/α,β-unsaturated/α-hetero) is 1. The number of piperidine rings is 1. The first kappa shape index (κ1) is 35.4. The SMILES string of the molecule is CCC[C@H](NC(=O)C1[C@H]2CC[C@H](C2)N1C(=O)[C@@H](NC(=O)[C@@H](NC(=O)c1cnccn1)C1CCCCC1)C(C)(C)C)C(=O)C(=O)NC1CC1. The minimum absolute atomic E-state index is 0.0145. The van der Waals surface area contributed by atoms with Gasteiger partial charge in [-0.05, 0) is 68.6 Å². The van der Waals surface area contributed by atoms with Crippen molar-refractivity contribution in [3.8, 4) is 0 Å². The molecule has 262 valence electrons. The minimum Gasteiger partial charge on any atom is -0.347 e. The van der Waals surface area contributed by atoms with Crippen molar-refractivity contribution in [2.75, 3.05) is 0 Å². The van der Waals surface area contributed by atoms with Crippen molar-refractivity contribution < 1.29 is 28.8 Å². The molecule has 13 nitrogen and oxygen atoms in total. The molecule has 4 fully saturated rings. The van der Waals surface area contributed by atoms with Crippen molar-refractivity contribution in [2.24, 2.45) is 17.3 Å². The zero-order valence-corrected chi connectivity index (χ0v) is 28.6. The van der Waals surface area contributed by atoms with Crippen LogP contribution in [0.25, 0.3) is 0 Å². The van der Waals surface area contributed by atoms with E-state index in [1.807, 2.05) is 27.7 Å². The number of fused-ring (bicyclic) bond motifs is 2. The molecular weight excluding hydrogens is 614 g/mol. The average molecular weight is 666 g/mol. The van der Waals surface area contributed by atoms with Crippen molar-refractivity contribution in [3.63, 3.8) is 0 Å². The van der Waals surface area contributed by atoms with Gasteiger partial charge in [0.25, 0.3) is 11.8 Å². The molecule has 3 aliphatic carbocycles. The van der Waals surface area contributed by atoms with Gasteiger partial charge < -0.3 is 26.2 Å². The first-order valence-corrected chi connectivity index (χ1v) is 17.7. The second kappa shape index (κ2) is 15.1. The van der Waals surface area contributed by atoms with Gasteiger partial charge in [0.15, 0.2) is 0 Å². The first-order chi connectivity index (χ1) is 22.9. The third-order valence-electron chi connectivity index (χ3n) is 10.3. The number of ketones is 1. The summed E-state index contributed by atoms with van der Waals surface area (Å²) in [5.41, 5.74) is -0.634. The highest BCUT2D eigenvalue weighted by Gasteiger charge is 2.54. The summed E-state index contributed by atoms with van der Waals surface area (Å²) in [6.45, 7) is 7.47. The monoisotopic (exact) mass is 665 g/mol. The van der Waals surface area contributed by atoms with Crippen LogP contribution < -0.4 is 21.3 Å². The Bertz CT molecular complexity index is 1370. The maximum Gasteiger partial charge on any atom is 0.289 e. The van der Waals surface area contributed by atoms with Crippen LogP contribution in [0.5, 0.6) is 0 Å². The Kier molecular flexibility index (Phi) is 11.1. The number of nitrogens with zero attached hydrogens (tertiary/aromatic N) is 3. The van der Waals surface area contributed by atoms with E-state index >= 15 is 0 Å². The molecule has 4 aliphatic rings. The smallest absolute Gasteiger partial charge is 0.289 e. The molecule has 6 atom stereocenters. The Morgan fingerprint density at radius 3 is 2.27 bits per heavy atom. The standard InChI is InChI=1S/C35H51N7O6/c1-5-9-24(28(43)33(47)38-22-13-14-22)39-32(46)27-21-12-15-23(18-21)42(27)34(48)29(35(2,3)4)41-31(45)26(20-10-7-6-8-11-20)40-30(44)25-19-36-16-17-37-25/h16-17,19-24,26-27,29H,5-15,18H2,1-4H3,(H,38,47)(H,39,46)(H,40,44)(H,41,45)/t21-,23+,24-,26-,27?,29+/m0/s1. The van der Waals surface area contributed by atoms with Gasteiger partial charge in [0, 0.05) is 24.5 Å². The van der Waals surface area contributed by atoms with Crippen LogP contribution in [0, 0.1) is 17.3 Å². The number of amides is 5. The van der Waals surface area contributed by atoms with Crippen molar-refractivity contribution in [1.29, 1.82) is 0 Å². The number of nitrogens with one attached hydrogen (secondary N) is 4. The fourth-order valence-electron chi connectivity index (χ4n) is 7.63. The van der Waals surface area contributed by atoms with E-state index in [0.29, 0.717) is 19.3 Å². The number of aromatic nitrogens is 2. The minimum atomic E-state index is -0.989. The van der Waals surface area contributed by atoms with Gasteiger partial charge in [0.05, 0.1) is 12.2 Å². The third-order valence-corrected chi connectivity index (χ3v) is 10.3. The lowest BCUT2D eigenvalue weighted by atomic mass is 9.81. The second-order valence-electron chi connectivity index (χ2n) is 15.1. The van der Waals surface area contributed by atoms with E-state index in [4.69, 9.17) is 0 Å². The molecule has 0 aromatic carbocycles. The van der Waals surface area contributed by atoms with Gasteiger partial charge in [0.2, 0.25) is 23.5 Å². The number of carbonyl (C=O) groups excluding carboxylic acids is 6. The maximum absolute atomic E-state index is 14.6. The quantitative estimate of drug-likeness (QED) is 0.232. The molecule has 0 radical (unpaired) electrons. The normalized spacial score (nSPS) is 24.2. The molecule has 1 saturated heterocycles. The van der Waals surface area contributed by atoms with E-state index in [1.54, 1.807) is 4.90 Å².